The summed E-state index contributed by atoms with van der Waals surface area (Å²) in [5, 5.41) is 1.22. The Bertz CT molecular complexity index is 1200. The van der Waals surface area contributed by atoms with E-state index in [1.807, 2.05) is 47.4 Å². The van der Waals surface area contributed by atoms with E-state index in [4.69, 9.17) is 4.98 Å². The zero-order chi connectivity index (χ0) is 23.5. The fourth-order valence-corrected chi connectivity index (χ4v) is 5.49. The summed E-state index contributed by atoms with van der Waals surface area (Å²) in [5.41, 5.74) is 2.83. The van der Waals surface area contributed by atoms with Crippen molar-refractivity contribution in [3.8, 4) is 0 Å². The topological polar surface area (TPSA) is 58.4 Å². The van der Waals surface area contributed by atoms with Crippen LogP contribution in [-0.4, -0.2) is 51.3 Å². The minimum Gasteiger partial charge on any atom is -0.311 e. The van der Waals surface area contributed by atoms with Gasteiger partial charge in [0.25, 0.3) is 5.56 Å². The maximum absolute atomic E-state index is 13.4. The van der Waals surface area contributed by atoms with Gasteiger partial charge < -0.3 is 4.90 Å². The lowest BCUT2D eigenvalue weighted by atomic mass is 10.2. The van der Waals surface area contributed by atoms with Crippen molar-refractivity contribution in [2.75, 3.05) is 23.7 Å². The van der Waals surface area contributed by atoms with Crippen molar-refractivity contribution in [2.24, 2.45) is 0 Å². The average Bonchev–Trinajstić information content (AvgIpc) is 3.23. The van der Waals surface area contributed by atoms with Crippen LogP contribution < -0.4 is 10.5 Å². The van der Waals surface area contributed by atoms with Crippen molar-refractivity contribution in [1.29, 1.82) is 0 Å². The number of benzene rings is 2. The molecule has 1 aromatic heterocycles. The molecular formula is C26H32N4O2S. The zero-order valence-electron chi connectivity index (χ0n) is 19.8. The van der Waals surface area contributed by atoms with Crippen LogP contribution in [-0.2, 0) is 17.8 Å². The standard InChI is InChI=1S/C26H32N4O2S/c1-18(2)28(19(3)4)15-16-30-25(32)21-10-6-7-11-22(21)27-26(30)33-17-24(31)29-14-13-20-9-5-8-12-23(20)29/h5-12,18-19H,13-17H2,1-4H3. The summed E-state index contributed by atoms with van der Waals surface area (Å²) >= 11 is 1.36. The van der Waals surface area contributed by atoms with Gasteiger partial charge in [-0.2, -0.15) is 0 Å². The highest BCUT2D eigenvalue weighted by Crippen LogP contribution is 2.29. The van der Waals surface area contributed by atoms with Gasteiger partial charge in [-0.05, 0) is 57.9 Å². The number of amides is 1. The molecule has 0 saturated carbocycles. The molecule has 2 heterocycles. The second-order valence-electron chi connectivity index (χ2n) is 9.01. The fraction of sp³-hybridized carbons (Fsp3) is 0.423. The van der Waals surface area contributed by atoms with Crippen LogP contribution in [0.25, 0.3) is 10.9 Å². The van der Waals surface area contributed by atoms with Crippen LogP contribution in [0.15, 0.2) is 58.5 Å². The number of fused-ring (bicyclic) bond motifs is 2. The maximum Gasteiger partial charge on any atom is 0.262 e. The predicted octanol–water partition coefficient (Wildman–Crippen LogP) is 4.20. The van der Waals surface area contributed by atoms with Crippen LogP contribution in [0.3, 0.4) is 0 Å². The summed E-state index contributed by atoms with van der Waals surface area (Å²) in [6, 6.07) is 16.2. The van der Waals surface area contributed by atoms with Crippen molar-refractivity contribution in [1.82, 2.24) is 14.5 Å². The first-order valence-corrected chi connectivity index (χ1v) is 12.6. The molecule has 0 saturated heterocycles. The zero-order valence-corrected chi connectivity index (χ0v) is 20.6. The monoisotopic (exact) mass is 464 g/mol. The van der Waals surface area contributed by atoms with Crippen LogP contribution >= 0.6 is 11.8 Å². The number of hydrogen-bond acceptors (Lipinski definition) is 5. The molecule has 1 aliphatic heterocycles. The number of anilines is 1. The molecule has 0 atom stereocenters. The van der Waals surface area contributed by atoms with E-state index in [2.05, 4.69) is 38.7 Å². The second-order valence-corrected chi connectivity index (χ2v) is 9.95. The lowest BCUT2D eigenvalue weighted by Crippen LogP contribution is -2.40. The molecule has 0 unspecified atom stereocenters. The molecular weight excluding hydrogens is 432 g/mol. The SMILES string of the molecule is CC(C)N(CCn1c(SCC(=O)N2CCc3ccccc32)nc2ccccc2c1=O)C(C)C. The van der Waals surface area contributed by atoms with E-state index in [1.54, 1.807) is 4.57 Å². The molecule has 33 heavy (non-hydrogen) atoms. The summed E-state index contributed by atoms with van der Waals surface area (Å²) in [6.45, 7) is 10.7. The predicted molar refractivity (Wildman–Crippen MR) is 136 cm³/mol. The highest BCUT2D eigenvalue weighted by molar-refractivity contribution is 7.99. The van der Waals surface area contributed by atoms with Gasteiger partial charge >= 0.3 is 0 Å². The average molecular weight is 465 g/mol. The van der Waals surface area contributed by atoms with Gasteiger partial charge in [-0.15, -0.1) is 0 Å². The summed E-state index contributed by atoms with van der Waals surface area (Å²) < 4.78 is 1.75. The first kappa shape index (κ1) is 23.5. The van der Waals surface area contributed by atoms with Gasteiger partial charge in [-0.1, -0.05) is 42.1 Å². The molecule has 1 amide bonds. The number of carbonyl (C=O) groups excluding carboxylic acids is 1. The third kappa shape index (κ3) is 4.99. The number of para-hydroxylation sites is 2. The van der Waals surface area contributed by atoms with Crippen molar-refractivity contribution in [3.63, 3.8) is 0 Å². The van der Waals surface area contributed by atoms with Crippen LogP contribution in [0, 0.1) is 0 Å². The largest absolute Gasteiger partial charge is 0.311 e. The highest BCUT2D eigenvalue weighted by atomic mass is 32.2. The van der Waals surface area contributed by atoms with Crippen LogP contribution in [0.4, 0.5) is 5.69 Å². The van der Waals surface area contributed by atoms with Gasteiger partial charge in [0, 0.05) is 37.4 Å². The van der Waals surface area contributed by atoms with Gasteiger partial charge in [0.05, 0.1) is 16.7 Å². The van der Waals surface area contributed by atoms with E-state index in [1.165, 1.54) is 17.3 Å². The van der Waals surface area contributed by atoms with Gasteiger partial charge in [0.2, 0.25) is 5.91 Å². The number of hydrogen-bond donors (Lipinski definition) is 0. The number of thioether (sulfide) groups is 1. The Hall–Kier alpha value is -2.64. The van der Waals surface area contributed by atoms with E-state index in [-0.39, 0.29) is 17.2 Å². The third-order valence-electron chi connectivity index (χ3n) is 6.25. The van der Waals surface area contributed by atoms with E-state index >= 15 is 0 Å². The molecule has 0 fully saturated rings. The Morgan fingerprint density at radius 3 is 2.52 bits per heavy atom. The summed E-state index contributed by atoms with van der Waals surface area (Å²) in [4.78, 5) is 35.4. The quantitative estimate of drug-likeness (QED) is 0.369. The van der Waals surface area contributed by atoms with E-state index in [0.717, 1.165) is 18.7 Å². The van der Waals surface area contributed by atoms with E-state index < -0.39 is 0 Å². The lowest BCUT2D eigenvalue weighted by Gasteiger charge is -2.30. The highest BCUT2D eigenvalue weighted by Gasteiger charge is 2.25. The maximum atomic E-state index is 13.4. The summed E-state index contributed by atoms with van der Waals surface area (Å²) in [7, 11) is 0. The van der Waals surface area contributed by atoms with Crippen molar-refractivity contribution in [2.45, 2.75) is 57.9 Å². The van der Waals surface area contributed by atoms with Gasteiger partial charge in [0.15, 0.2) is 5.16 Å². The van der Waals surface area contributed by atoms with Crippen molar-refractivity contribution < 1.29 is 4.79 Å². The van der Waals surface area contributed by atoms with Crippen molar-refractivity contribution >= 4 is 34.3 Å². The van der Waals surface area contributed by atoms with Gasteiger partial charge in [-0.25, -0.2) is 4.98 Å². The van der Waals surface area contributed by atoms with Crippen LogP contribution in [0.1, 0.15) is 33.3 Å². The van der Waals surface area contributed by atoms with Crippen LogP contribution in [0.5, 0.6) is 0 Å². The molecule has 4 rings (SSSR count). The Balaban J connectivity index is 1.59. The number of aromatic nitrogens is 2. The normalized spacial score (nSPS) is 13.5. The molecule has 0 radical (unpaired) electrons. The molecule has 7 heteroatoms. The Labute approximate surface area is 199 Å². The first-order valence-electron chi connectivity index (χ1n) is 11.6. The Morgan fingerprint density at radius 1 is 1.06 bits per heavy atom. The third-order valence-corrected chi connectivity index (χ3v) is 7.21. The van der Waals surface area contributed by atoms with E-state index in [9.17, 15) is 9.59 Å². The van der Waals surface area contributed by atoms with E-state index in [0.29, 0.717) is 41.2 Å². The Kier molecular flexibility index (Phi) is 7.20. The molecule has 174 valence electrons. The minimum atomic E-state index is -0.0467. The van der Waals surface area contributed by atoms with Crippen LogP contribution in [0.2, 0.25) is 0 Å². The lowest BCUT2D eigenvalue weighted by molar-refractivity contribution is -0.116. The molecule has 0 N–H and O–H groups in total. The molecule has 0 spiro atoms. The number of carbonyl (C=O) groups is 1. The molecule has 3 aromatic rings. The number of nitrogens with zero attached hydrogens (tertiary/aromatic N) is 4. The smallest absolute Gasteiger partial charge is 0.262 e. The molecule has 0 aliphatic carbocycles. The minimum absolute atomic E-state index is 0.0462. The van der Waals surface area contributed by atoms with Crippen molar-refractivity contribution in [3.05, 3.63) is 64.4 Å². The Morgan fingerprint density at radius 2 is 1.76 bits per heavy atom. The molecule has 2 aromatic carbocycles. The molecule has 0 bridgehead atoms. The van der Waals surface area contributed by atoms with Gasteiger partial charge in [-0.3, -0.25) is 19.1 Å². The summed E-state index contributed by atoms with van der Waals surface area (Å²) in [5.74, 6) is 0.293. The molecule has 6 nitrogen and oxygen atoms in total. The fourth-order valence-electron chi connectivity index (χ4n) is 4.58. The second kappa shape index (κ2) is 10.1. The number of rotatable bonds is 8. The molecule has 1 aliphatic rings. The van der Waals surface area contributed by atoms with Gasteiger partial charge in [0.1, 0.15) is 0 Å². The summed E-state index contributed by atoms with van der Waals surface area (Å²) in [6.07, 6.45) is 0.881. The first-order chi connectivity index (χ1) is 15.9.